The summed E-state index contributed by atoms with van der Waals surface area (Å²) in [4.78, 5) is 15.3. The predicted octanol–water partition coefficient (Wildman–Crippen LogP) is 5.38. The van der Waals surface area contributed by atoms with E-state index in [4.69, 9.17) is 9.84 Å². The van der Waals surface area contributed by atoms with Crippen LogP contribution in [0.1, 0.15) is 24.5 Å². The first kappa shape index (κ1) is 29.6. The lowest BCUT2D eigenvalue weighted by molar-refractivity contribution is 0.175. The molecular formula is C30H35F2N7O2. The Balaban J connectivity index is 1.64. The van der Waals surface area contributed by atoms with Gasteiger partial charge in [0.15, 0.2) is 11.6 Å². The van der Waals surface area contributed by atoms with Gasteiger partial charge in [-0.25, -0.2) is 18.3 Å². The van der Waals surface area contributed by atoms with E-state index in [-0.39, 0.29) is 6.04 Å². The van der Waals surface area contributed by atoms with Gasteiger partial charge >= 0.3 is 6.03 Å². The maximum Gasteiger partial charge on any atom is 0.324 e. The summed E-state index contributed by atoms with van der Waals surface area (Å²) in [5.41, 5.74) is 4.09. The van der Waals surface area contributed by atoms with Crippen molar-refractivity contribution in [2.45, 2.75) is 26.3 Å². The molecule has 11 heteroatoms. The molecule has 4 rings (SSSR count). The molecule has 0 aliphatic heterocycles. The highest BCUT2D eigenvalue weighted by atomic mass is 19.2. The van der Waals surface area contributed by atoms with Gasteiger partial charge in [0.1, 0.15) is 11.5 Å². The summed E-state index contributed by atoms with van der Waals surface area (Å²) in [5, 5.41) is 14.7. The Morgan fingerprint density at radius 2 is 1.93 bits per heavy atom. The largest absolute Gasteiger partial charge is 0.385 e. The molecule has 0 aliphatic rings. The lowest BCUT2D eigenvalue weighted by Gasteiger charge is -2.27. The molecule has 4 aromatic rings. The molecule has 2 amide bonds. The highest BCUT2D eigenvalue weighted by Gasteiger charge is 2.21. The lowest BCUT2D eigenvalue weighted by Crippen LogP contribution is -2.33. The van der Waals surface area contributed by atoms with Crippen molar-refractivity contribution in [1.29, 1.82) is 0 Å². The number of likely N-dealkylation sites (N-methyl/N-ethyl adjacent to an activating group) is 1. The first-order chi connectivity index (χ1) is 19.7. The summed E-state index contributed by atoms with van der Waals surface area (Å²) in [5.74, 6) is -1.41. The van der Waals surface area contributed by atoms with Crippen molar-refractivity contribution in [3.05, 3.63) is 89.9 Å². The normalized spacial score (nSPS) is 12.5. The van der Waals surface area contributed by atoms with Crippen LogP contribution in [0.2, 0.25) is 0 Å². The number of methoxy groups -OCH3 is 1. The third-order valence-electron chi connectivity index (χ3n) is 6.92. The average Bonchev–Trinajstić information content (AvgIpc) is 3.53. The first-order valence-electron chi connectivity index (χ1n) is 13.3. The summed E-state index contributed by atoms with van der Waals surface area (Å²) in [6.07, 6.45) is 5.89. The summed E-state index contributed by atoms with van der Waals surface area (Å²) in [6, 6.07) is 12.4. The van der Waals surface area contributed by atoms with Crippen molar-refractivity contribution in [3.8, 4) is 16.9 Å². The maximum atomic E-state index is 14.2. The van der Waals surface area contributed by atoms with E-state index in [1.54, 1.807) is 22.7 Å². The number of nitrogens with zero attached hydrogens (tertiary/aromatic N) is 5. The van der Waals surface area contributed by atoms with E-state index < -0.39 is 17.7 Å². The number of hydrogen-bond acceptors (Lipinski definition) is 5. The zero-order valence-corrected chi connectivity index (χ0v) is 23.9. The number of amides is 2. The van der Waals surface area contributed by atoms with Gasteiger partial charge in [-0.2, -0.15) is 10.2 Å². The highest BCUT2D eigenvalue weighted by molar-refractivity contribution is 5.92. The minimum Gasteiger partial charge on any atom is -0.385 e. The predicted molar refractivity (Wildman–Crippen MR) is 156 cm³/mol. The van der Waals surface area contributed by atoms with Gasteiger partial charge in [-0.1, -0.05) is 24.3 Å². The van der Waals surface area contributed by atoms with Crippen LogP contribution < -0.4 is 10.6 Å². The number of urea groups is 1. The van der Waals surface area contributed by atoms with Crippen molar-refractivity contribution in [3.63, 3.8) is 0 Å². The molecule has 0 bridgehead atoms. The number of carbonyl (C=O) groups excluding carboxylic acids is 1. The van der Waals surface area contributed by atoms with Crippen LogP contribution in [0, 0.1) is 18.6 Å². The van der Waals surface area contributed by atoms with E-state index in [1.807, 2.05) is 64.5 Å². The number of halogens is 2. The molecule has 0 aliphatic carbocycles. The summed E-state index contributed by atoms with van der Waals surface area (Å²) < 4.78 is 36.4. The standard InChI is InChI=1S/C30H35F2N7O2/c1-20-28(23-17-34-38(4)19-23)36-39(24-10-7-6-8-11-24)29(20)35-30(40)33-18-25(21(2)37(3)14-9-15-41-5)22-12-13-26(31)27(32)16-22/h6-8,10-13,16-19,21H,9,14-15H2,1-5H3,(H2,33,35,40)/b25-18-/t21-/m0/s1. The van der Waals surface area contributed by atoms with Crippen LogP contribution in [0.25, 0.3) is 22.5 Å². The van der Waals surface area contributed by atoms with Crippen molar-refractivity contribution < 1.29 is 18.3 Å². The van der Waals surface area contributed by atoms with Gasteiger partial charge < -0.3 is 10.1 Å². The minimum absolute atomic E-state index is 0.231. The SMILES string of the molecule is COCCCN(C)[C@@H](C)/C(=C/NC(=O)Nc1c(C)c(-c2cnn(C)c2)nn1-c1ccccc1)c1ccc(F)c(F)c1. The molecule has 2 heterocycles. The Labute approximate surface area is 238 Å². The number of carbonyl (C=O) groups is 1. The monoisotopic (exact) mass is 563 g/mol. The van der Waals surface area contributed by atoms with Crippen LogP contribution in [0.15, 0.2) is 67.1 Å². The van der Waals surface area contributed by atoms with Gasteiger partial charge in [0.2, 0.25) is 0 Å². The molecule has 2 N–H and O–H groups in total. The highest BCUT2D eigenvalue weighted by Crippen LogP contribution is 2.30. The van der Waals surface area contributed by atoms with Crippen molar-refractivity contribution in [1.82, 2.24) is 29.8 Å². The molecule has 0 saturated heterocycles. The minimum atomic E-state index is -0.961. The Kier molecular flexibility index (Phi) is 9.64. The first-order valence-corrected chi connectivity index (χ1v) is 13.3. The molecule has 41 heavy (non-hydrogen) atoms. The van der Waals surface area contributed by atoms with Gasteiger partial charge in [0.05, 0.1) is 11.9 Å². The topological polar surface area (TPSA) is 89.2 Å². The molecule has 216 valence electrons. The molecule has 9 nitrogen and oxygen atoms in total. The van der Waals surface area contributed by atoms with E-state index in [2.05, 4.69) is 20.6 Å². The Morgan fingerprint density at radius 3 is 2.59 bits per heavy atom. The smallest absolute Gasteiger partial charge is 0.324 e. The van der Waals surface area contributed by atoms with E-state index >= 15 is 0 Å². The van der Waals surface area contributed by atoms with Crippen LogP contribution in [-0.4, -0.2) is 63.8 Å². The molecular weight excluding hydrogens is 528 g/mol. The molecule has 1 atom stereocenters. The fourth-order valence-corrected chi connectivity index (χ4v) is 4.51. The molecule has 0 saturated carbocycles. The molecule has 2 aromatic carbocycles. The van der Waals surface area contributed by atoms with Gasteiger partial charge in [-0.3, -0.25) is 14.9 Å². The lowest BCUT2D eigenvalue weighted by atomic mass is 9.99. The number of anilines is 1. The van der Waals surface area contributed by atoms with Crippen LogP contribution in [0.5, 0.6) is 0 Å². The van der Waals surface area contributed by atoms with Gasteiger partial charge in [0, 0.05) is 56.9 Å². The number of hydrogen-bond donors (Lipinski definition) is 2. The molecule has 0 spiro atoms. The van der Waals surface area contributed by atoms with Gasteiger partial charge in [-0.15, -0.1) is 0 Å². The van der Waals surface area contributed by atoms with E-state index in [0.29, 0.717) is 35.8 Å². The molecule has 0 radical (unpaired) electrons. The fraction of sp³-hybridized carbons (Fsp3) is 0.300. The number of benzene rings is 2. The summed E-state index contributed by atoms with van der Waals surface area (Å²) in [7, 11) is 5.39. The van der Waals surface area contributed by atoms with Gasteiger partial charge in [-0.05, 0) is 62.7 Å². The van der Waals surface area contributed by atoms with Crippen LogP contribution >= 0.6 is 0 Å². The van der Waals surface area contributed by atoms with Crippen molar-refractivity contribution in [2.75, 3.05) is 32.6 Å². The summed E-state index contributed by atoms with van der Waals surface area (Å²) in [6.45, 7) is 5.12. The molecule has 2 aromatic heterocycles. The number of rotatable bonds is 11. The Morgan fingerprint density at radius 1 is 1.17 bits per heavy atom. The quantitative estimate of drug-likeness (QED) is 0.239. The van der Waals surface area contributed by atoms with Crippen LogP contribution in [-0.2, 0) is 11.8 Å². The zero-order chi connectivity index (χ0) is 29.5. The van der Waals surface area contributed by atoms with Crippen LogP contribution in [0.4, 0.5) is 19.4 Å². The molecule has 0 unspecified atom stereocenters. The van der Waals surface area contributed by atoms with E-state index in [1.165, 1.54) is 12.3 Å². The maximum absolute atomic E-state index is 14.2. The van der Waals surface area contributed by atoms with E-state index in [0.717, 1.165) is 35.4 Å². The van der Waals surface area contributed by atoms with Gasteiger partial charge in [0.25, 0.3) is 0 Å². The second-order valence-corrected chi connectivity index (χ2v) is 9.80. The number of aryl methyl sites for hydroxylation is 1. The Hall–Kier alpha value is -4.35. The number of ether oxygens (including phenoxy) is 1. The number of para-hydroxylation sites is 1. The average molecular weight is 564 g/mol. The third-order valence-corrected chi connectivity index (χ3v) is 6.92. The van der Waals surface area contributed by atoms with Crippen LogP contribution in [0.3, 0.4) is 0 Å². The second kappa shape index (κ2) is 13.3. The van der Waals surface area contributed by atoms with Crippen molar-refractivity contribution >= 4 is 17.4 Å². The second-order valence-electron chi connectivity index (χ2n) is 9.80. The van der Waals surface area contributed by atoms with Crippen molar-refractivity contribution in [2.24, 2.45) is 7.05 Å². The fourth-order valence-electron chi connectivity index (χ4n) is 4.51. The molecule has 0 fully saturated rings. The summed E-state index contributed by atoms with van der Waals surface area (Å²) >= 11 is 0. The number of nitrogens with one attached hydrogen (secondary N) is 2. The Bertz CT molecular complexity index is 1510. The third kappa shape index (κ3) is 7.05. The van der Waals surface area contributed by atoms with E-state index in [9.17, 15) is 13.6 Å². The zero-order valence-electron chi connectivity index (χ0n) is 23.9. The number of aromatic nitrogens is 4.